The minimum Gasteiger partial charge on any atom is -0.374 e. The minimum atomic E-state index is 0. The molecule has 4 nitrogen and oxygen atoms in total. The second-order valence-electron chi connectivity index (χ2n) is 5.20. The topological polar surface area (TPSA) is 45.7 Å². The molecule has 1 aromatic carbocycles. The Balaban J connectivity index is 0.00000484. The number of guanidine groups is 1. The van der Waals surface area contributed by atoms with Gasteiger partial charge in [0.05, 0.1) is 6.10 Å². The van der Waals surface area contributed by atoms with Gasteiger partial charge in [0.25, 0.3) is 0 Å². The van der Waals surface area contributed by atoms with Crippen LogP contribution in [0.4, 0.5) is 0 Å². The van der Waals surface area contributed by atoms with E-state index in [1.165, 1.54) is 5.56 Å². The van der Waals surface area contributed by atoms with Crippen molar-refractivity contribution in [2.24, 2.45) is 4.99 Å². The maximum absolute atomic E-state index is 5.86. The van der Waals surface area contributed by atoms with Crippen molar-refractivity contribution in [1.29, 1.82) is 0 Å². The highest BCUT2D eigenvalue weighted by Crippen LogP contribution is 2.15. The first-order valence-corrected chi connectivity index (χ1v) is 9.10. The second kappa shape index (κ2) is 13.9. The Kier molecular flexibility index (Phi) is 13.6. The molecule has 2 N–H and O–H groups in total. The third-order valence-electron chi connectivity index (χ3n) is 3.43. The van der Waals surface area contributed by atoms with E-state index in [0.717, 1.165) is 32.1 Å². The van der Waals surface area contributed by atoms with Crippen LogP contribution in [0, 0.1) is 0 Å². The number of rotatable bonds is 9. The monoisotopic (exact) mass is 451 g/mol. The molecule has 1 aromatic rings. The first kappa shape index (κ1) is 22.5. The van der Waals surface area contributed by atoms with Crippen LogP contribution in [0.2, 0.25) is 0 Å². The highest BCUT2D eigenvalue weighted by Gasteiger charge is 2.05. The number of halogens is 1. The summed E-state index contributed by atoms with van der Waals surface area (Å²) in [4.78, 5) is 4.22. The van der Waals surface area contributed by atoms with E-state index in [1.807, 2.05) is 30.0 Å². The van der Waals surface area contributed by atoms with Gasteiger partial charge in [-0.2, -0.15) is 11.8 Å². The van der Waals surface area contributed by atoms with Crippen molar-refractivity contribution in [1.82, 2.24) is 10.6 Å². The maximum Gasteiger partial charge on any atom is 0.191 e. The van der Waals surface area contributed by atoms with E-state index < -0.39 is 0 Å². The van der Waals surface area contributed by atoms with E-state index in [4.69, 9.17) is 4.74 Å². The number of nitrogens with zero attached hydrogens (tertiary/aromatic N) is 1. The fourth-order valence-corrected chi connectivity index (χ4v) is 2.15. The Hall–Kier alpha value is -0.470. The standard InChI is InChI=1S/C17H29N3OS.HI/c1-14(22-4)13-20-17(18-3)19-11-8-12-21-15(2)16-9-6-5-7-10-16;/h5-7,9-10,14-15H,8,11-13H2,1-4H3,(H2,18,19,20);1H. The highest BCUT2D eigenvalue weighted by atomic mass is 127. The summed E-state index contributed by atoms with van der Waals surface area (Å²) < 4.78 is 5.86. The first-order chi connectivity index (χ1) is 10.7. The summed E-state index contributed by atoms with van der Waals surface area (Å²) in [6.07, 6.45) is 3.21. The Morgan fingerprint density at radius 2 is 1.91 bits per heavy atom. The first-order valence-electron chi connectivity index (χ1n) is 7.81. The molecular formula is C17H30IN3OS. The van der Waals surface area contributed by atoms with Gasteiger partial charge in [0.15, 0.2) is 5.96 Å². The molecule has 2 unspecified atom stereocenters. The van der Waals surface area contributed by atoms with Crippen molar-refractivity contribution in [3.63, 3.8) is 0 Å². The van der Waals surface area contributed by atoms with E-state index >= 15 is 0 Å². The molecule has 0 saturated carbocycles. The molecule has 0 aliphatic heterocycles. The van der Waals surface area contributed by atoms with E-state index in [-0.39, 0.29) is 30.1 Å². The number of hydrogen-bond acceptors (Lipinski definition) is 3. The van der Waals surface area contributed by atoms with Gasteiger partial charge in [-0.3, -0.25) is 4.99 Å². The molecule has 0 aliphatic rings. The van der Waals surface area contributed by atoms with Gasteiger partial charge in [-0.1, -0.05) is 37.3 Å². The summed E-state index contributed by atoms with van der Waals surface area (Å²) in [5.41, 5.74) is 1.22. The van der Waals surface area contributed by atoms with Gasteiger partial charge in [-0.05, 0) is 25.2 Å². The lowest BCUT2D eigenvalue weighted by Gasteiger charge is -2.16. The normalized spacial score (nSPS) is 13.8. The molecule has 0 aliphatic carbocycles. The van der Waals surface area contributed by atoms with Crippen molar-refractivity contribution in [3.8, 4) is 0 Å². The highest BCUT2D eigenvalue weighted by molar-refractivity contribution is 14.0. The van der Waals surface area contributed by atoms with Crippen LogP contribution < -0.4 is 10.6 Å². The van der Waals surface area contributed by atoms with Crippen molar-refractivity contribution >= 4 is 41.7 Å². The number of ether oxygens (including phenoxy) is 1. The quantitative estimate of drug-likeness (QED) is 0.260. The molecule has 0 radical (unpaired) electrons. The van der Waals surface area contributed by atoms with Crippen LogP contribution in [0.5, 0.6) is 0 Å². The summed E-state index contributed by atoms with van der Waals surface area (Å²) in [5.74, 6) is 0.858. The van der Waals surface area contributed by atoms with Gasteiger partial charge in [0.1, 0.15) is 0 Å². The molecule has 0 saturated heterocycles. The Bertz CT molecular complexity index is 431. The zero-order chi connectivity index (χ0) is 16.2. The molecule has 2 atom stereocenters. The molecule has 6 heteroatoms. The summed E-state index contributed by atoms with van der Waals surface area (Å²) in [6.45, 7) is 6.80. The number of hydrogen-bond donors (Lipinski definition) is 2. The van der Waals surface area contributed by atoms with Gasteiger partial charge >= 0.3 is 0 Å². The van der Waals surface area contributed by atoms with Gasteiger partial charge in [0, 0.05) is 32.0 Å². The lowest BCUT2D eigenvalue weighted by Crippen LogP contribution is -2.40. The van der Waals surface area contributed by atoms with Crippen LogP contribution in [-0.2, 0) is 4.74 Å². The SMILES string of the molecule is CN=C(NCCCOC(C)c1ccccc1)NCC(C)SC.I. The van der Waals surface area contributed by atoms with E-state index in [9.17, 15) is 0 Å². The lowest BCUT2D eigenvalue weighted by atomic mass is 10.1. The van der Waals surface area contributed by atoms with Crippen LogP contribution in [0.15, 0.2) is 35.3 Å². The van der Waals surface area contributed by atoms with Gasteiger partial charge in [-0.15, -0.1) is 24.0 Å². The number of nitrogens with one attached hydrogen (secondary N) is 2. The summed E-state index contributed by atoms with van der Waals surface area (Å²) in [7, 11) is 1.80. The molecular weight excluding hydrogens is 421 g/mol. The number of aliphatic imine (C=N–C) groups is 1. The van der Waals surface area contributed by atoms with Crippen LogP contribution in [-0.4, -0.2) is 44.2 Å². The molecule has 0 aromatic heterocycles. The zero-order valence-corrected chi connectivity index (χ0v) is 17.7. The smallest absolute Gasteiger partial charge is 0.191 e. The summed E-state index contributed by atoms with van der Waals surface area (Å²) in [5, 5.41) is 7.21. The summed E-state index contributed by atoms with van der Waals surface area (Å²) >= 11 is 1.85. The Morgan fingerprint density at radius 3 is 2.52 bits per heavy atom. The maximum atomic E-state index is 5.86. The predicted octanol–water partition coefficient (Wildman–Crippen LogP) is 3.69. The molecule has 0 fully saturated rings. The lowest BCUT2D eigenvalue weighted by molar-refractivity contribution is 0.0646. The molecule has 0 bridgehead atoms. The molecule has 0 heterocycles. The molecule has 132 valence electrons. The van der Waals surface area contributed by atoms with Crippen molar-refractivity contribution in [3.05, 3.63) is 35.9 Å². The Labute approximate surface area is 162 Å². The predicted molar refractivity (Wildman–Crippen MR) is 113 cm³/mol. The van der Waals surface area contributed by atoms with Crippen LogP contribution in [0.1, 0.15) is 31.9 Å². The van der Waals surface area contributed by atoms with Crippen LogP contribution in [0.3, 0.4) is 0 Å². The summed E-state index contributed by atoms with van der Waals surface area (Å²) in [6, 6.07) is 10.3. The minimum absolute atomic E-state index is 0. The fourth-order valence-electron chi connectivity index (χ4n) is 1.90. The average Bonchev–Trinajstić information content (AvgIpc) is 2.57. The van der Waals surface area contributed by atoms with Gasteiger partial charge < -0.3 is 15.4 Å². The van der Waals surface area contributed by atoms with Crippen LogP contribution in [0.25, 0.3) is 0 Å². The average molecular weight is 451 g/mol. The second-order valence-corrected chi connectivity index (χ2v) is 6.48. The third-order valence-corrected chi connectivity index (χ3v) is 4.40. The Morgan fingerprint density at radius 1 is 1.22 bits per heavy atom. The molecule has 0 spiro atoms. The third kappa shape index (κ3) is 10.1. The molecule has 23 heavy (non-hydrogen) atoms. The van der Waals surface area contributed by atoms with Crippen LogP contribution >= 0.6 is 35.7 Å². The van der Waals surface area contributed by atoms with Gasteiger partial charge in [-0.25, -0.2) is 0 Å². The van der Waals surface area contributed by atoms with Crippen molar-refractivity contribution < 1.29 is 4.74 Å². The van der Waals surface area contributed by atoms with Crippen molar-refractivity contribution in [2.75, 3.05) is 33.0 Å². The fraction of sp³-hybridized carbons (Fsp3) is 0.588. The van der Waals surface area contributed by atoms with E-state index in [0.29, 0.717) is 5.25 Å². The number of benzene rings is 1. The van der Waals surface area contributed by atoms with Gasteiger partial charge in [0.2, 0.25) is 0 Å². The number of thioether (sulfide) groups is 1. The van der Waals surface area contributed by atoms with E-state index in [1.54, 1.807) is 7.05 Å². The van der Waals surface area contributed by atoms with Crippen molar-refractivity contribution in [2.45, 2.75) is 31.6 Å². The zero-order valence-electron chi connectivity index (χ0n) is 14.5. The molecule has 1 rings (SSSR count). The largest absolute Gasteiger partial charge is 0.374 e. The molecule has 0 amide bonds. The van der Waals surface area contributed by atoms with E-state index in [2.05, 4.69) is 47.9 Å².